The fourth-order valence-electron chi connectivity index (χ4n) is 2.90. The van der Waals surface area contributed by atoms with Crippen LogP contribution < -0.4 is 0 Å². The summed E-state index contributed by atoms with van der Waals surface area (Å²) in [5.41, 5.74) is 0.144. The van der Waals surface area contributed by atoms with Gasteiger partial charge in [-0.1, -0.05) is 36.4 Å². The molecule has 0 unspecified atom stereocenters. The first kappa shape index (κ1) is 15.0. The number of aromatic carboxylic acids is 2. The Bertz CT molecular complexity index is 1090. The summed E-state index contributed by atoms with van der Waals surface area (Å²) in [6.07, 6.45) is 0. The number of benzene rings is 3. The van der Waals surface area contributed by atoms with E-state index in [9.17, 15) is 19.8 Å². The number of rotatable bonds is 2. The quantitative estimate of drug-likeness (QED) is 0.555. The third kappa shape index (κ3) is 2.52. The number of hydrogen-bond acceptors (Lipinski definition) is 3. The average molecular weight is 332 g/mol. The predicted octanol–water partition coefficient (Wildman–Crippen LogP) is 4.70. The minimum absolute atomic E-state index is 0.0266. The predicted molar refractivity (Wildman–Crippen MR) is 94.0 cm³/mol. The molecule has 6 aromatic heterocycles. The minimum atomic E-state index is -1.14. The first-order chi connectivity index (χ1) is 12.0. The van der Waals surface area contributed by atoms with E-state index in [4.69, 9.17) is 4.42 Å². The minimum Gasteiger partial charge on any atom is -0.478 e. The lowest BCUT2D eigenvalue weighted by molar-refractivity contribution is 0.0688. The number of hydrogen-bond donors (Lipinski definition) is 2. The smallest absolute Gasteiger partial charge is 0.339 e. The Morgan fingerprint density at radius 3 is 1.32 bits per heavy atom. The van der Waals surface area contributed by atoms with Crippen molar-refractivity contribution in [3.8, 4) is 0 Å². The summed E-state index contributed by atoms with van der Waals surface area (Å²) in [5.74, 6) is -2.28. The molecule has 0 aliphatic rings. The van der Waals surface area contributed by atoms with E-state index < -0.39 is 11.9 Å². The molecule has 0 radical (unpaired) electrons. The zero-order valence-electron chi connectivity index (χ0n) is 12.9. The van der Waals surface area contributed by atoms with Crippen molar-refractivity contribution in [2.45, 2.75) is 0 Å². The molecule has 122 valence electrons. The molecular weight excluding hydrogens is 320 g/mol. The first-order valence-corrected chi connectivity index (χ1v) is 7.56. The molecule has 0 spiro atoms. The molecule has 3 aromatic carbocycles. The molecule has 0 fully saturated rings. The molecule has 2 N–H and O–H groups in total. The highest BCUT2D eigenvalue weighted by Crippen LogP contribution is 2.24. The summed E-state index contributed by atoms with van der Waals surface area (Å²) in [6.45, 7) is 0. The maximum absolute atomic E-state index is 11.6. The summed E-state index contributed by atoms with van der Waals surface area (Å²) in [7, 11) is 0. The van der Waals surface area contributed by atoms with Crippen LogP contribution in [0.2, 0.25) is 0 Å². The molecule has 25 heavy (non-hydrogen) atoms. The van der Waals surface area contributed by atoms with Gasteiger partial charge in [-0.2, -0.15) is 0 Å². The summed E-state index contributed by atoms with van der Waals surface area (Å²) in [4.78, 5) is 23.3. The molecule has 6 heterocycles. The lowest BCUT2D eigenvalue weighted by Gasteiger charge is -2.01. The molecule has 0 aliphatic carbocycles. The van der Waals surface area contributed by atoms with Gasteiger partial charge in [0.25, 0.3) is 0 Å². The molecule has 6 bridgehead atoms. The van der Waals surface area contributed by atoms with Gasteiger partial charge in [-0.05, 0) is 45.8 Å². The highest BCUT2D eigenvalue weighted by molar-refractivity contribution is 6.02. The number of carboxylic acid groups (broad SMARTS) is 2. The van der Waals surface area contributed by atoms with E-state index in [0.717, 1.165) is 21.5 Å². The second-order valence-electron chi connectivity index (χ2n) is 5.71. The molecule has 0 saturated carbocycles. The van der Waals surface area contributed by atoms with Gasteiger partial charge in [0.15, 0.2) is 0 Å². The normalized spacial score (nSPS) is 11.0. The number of carbonyl (C=O) groups is 2. The van der Waals surface area contributed by atoms with Gasteiger partial charge in [-0.3, -0.25) is 0 Å². The van der Waals surface area contributed by atoms with Gasteiger partial charge < -0.3 is 14.6 Å². The fraction of sp³-hybridized carbons (Fsp3) is 0. The topological polar surface area (TPSA) is 87.7 Å². The molecule has 0 aliphatic heterocycles. The van der Waals surface area contributed by atoms with Gasteiger partial charge >= 0.3 is 11.9 Å². The summed E-state index contributed by atoms with van der Waals surface area (Å²) >= 11 is 0. The van der Waals surface area contributed by atoms with Gasteiger partial charge in [0.05, 0.1) is 0 Å². The lowest BCUT2D eigenvalue weighted by atomic mass is 10.1. The maximum atomic E-state index is 11.6. The Morgan fingerprint density at radius 2 is 0.960 bits per heavy atom. The second-order valence-corrected chi connectivity index (χ2v) is 5.71. The van der Waals surface area contributed by atoms with Crippen molar-refractivity contribution in [3.63, 3.8) is 0 Å². The fourth-order valence-corrected chi connectivity index (χ4v) is 2.90. The third-order valence-electron chi connectivity index (χ3n) is 4.19. The molecule has 9 rings (SSSR count). The van der Waals surface area contributed by atoms with E-state index in [-0.39, 0.29) is 22.3 Å². The van der Waals surface area contributed by atoms with Crippen LogP contribution in [0.1, 0.15) is 20.7 Å². The van der Waals surface area contributed by atoms with E-state index in [1.54, 1.807) is 24.3 Å². The zero-order valence-corrected chi connectivity index (χ0v) is 12.9. The molecule has 5 heteroatoms. The van der Waals surface area contributed by atoms with Crippen molar-refractivity contribution in [1.82, 2.24) is 0 Å². The number of carboxylic acids is 2. The monoisotopic (exact) mass is 332 g/mol. The van der Waals surface area contributed by atoms with Crippen LogP contribution in [0.25, 0.3) is 32.7 Å². The average Bonchev–Trinajstić information content (AvgIpc) is 2.66. The molecular formula is C20H12O5. The summed E-state index contributed by atoms with van der Waals surface area (Å²) in [6, 6.07) is 17.2. The van der Waals surface area contributed by atoms with Crippen molar-refractivity contribution in [1.29, 1.82) is 0 Å². The van der Waals surface area contributed by atoms with Gasteiger partial charge in [0.2, 0.25) is 0 Å². The van der Waals surface area contributed by atoms with Crippen molar-refractivity contribution < 1.29 is 24.2 Å². The van der Waals surface area contributed by atoms with Crippen LogP contribution in [0.15, 0.2) is 65.1 Å². The Hall–Kier alpha value is -3.60. The van der Waals surface area contributed by atoms with Crippen LogP contribution >= 0.6 is 0 Å². The molecule has 9 aromatic rings. The van der Waals surface area contributed by atoms with Crippen LogP contribution in [0.5, 0.6) is 0 Å². The van der Waals surface area contributed by atoms with Crippen molar-refractivity contribution in [2.75, 3.05) is 0 Å². The Labute approximate surface area is 141 Å². The highest BCUT2D eigenvalue weighted by Gasteiger charge is 2.12. The van der Waals surface area contributed by atoms with Crippen LogP contribution in [-0.4, -0.2) is 22.2 Å². The lowest BCUT2D eigenvalue weighted by Crippen LogP contribution is -1.98. The van der Waals surface area contributed by atoms with E-state index >= 15 is 0 Å². The van der Waals surface area contributed by atoms with Gasteiger partial charge in [0, 0.05) is 0 Å². The standard InChI is InChI=1S/C20H12O5/c21-19(22)15-9-13-5-7-17(15)25-18-8-6-14(10-16(18)20(23)24)12-2-1-11(13)3-4-12/h1-10H,(H,21,22)(H,23,24). The second kappa shape index (κ2) is 5.49. The Morgan fingerprint density at radius 1 is 0.600 bits per heavy atom. The zero-order chi connectivity index (χ0) is 17.6. The molecule has 0 atom stereocenters. The van der Waals surface area contributed by atoms with Crippen molar-refractivity contribution in [2.24, 2.45) is 0 Å². The van der Waals surface area contributed by atoms with Gasteiger partial charge in [-0.15, -0.1) is 0 Å². The van der Waals surface area contributed by atoms with Gasteiger partial charge in [0.1, 0.15) is 22.3 Å². The van der Waals surface area contributed by atoms with Crippen LogP contribution in [0.4, 0.5) is 0 Å². The summed E-state index contributed by atoms with van der Waals surface area (Å²) < 4.78 is 5.65. The van der Waals surface area contributed by atoms with E-state index in [2.05, 4.69) is 0 Å². The molecule has 5 nitrogen and oxygen atoms in total. The summed E-state index contributed by atoms with van der Waals surface area (Å²) in [5, 5.41) is 22.2. The Kier molecular flexibility index (Phi) is 3.28. The largest absolute Gasteiger partial charge is 0.478 e. The molecule has 0 amide bonds. The van der Waals surface area contributed by atoms with E-state index in [0.29, 0.717) is 0 Å². The SMILES string of the molecule is O=C(O)c1cc2ccc1oc1ccc(cc1C(=O)O)c1ccc2cc1. The van der Waals surface area contributed by atoms with Crippen molar-refractivity contribution in [3.05, 3.63) is 71.8 Å². The van der Waals surface area contributed by atoms with Crippen LogP contribution in [-0.2, 0) is 0 Å². The third-order valence-corrected chi connectivity index (χ3v) is 4.19. The van der Waals surface area contributed by atoms with Crippen LogP contribution in [0, 0.1) is 0 Å². The van der Waals surface area contributed by atoms with Gasteiger partial charge in [-0.25, -0.2) is 9.59 Å². The Balaban J connectivity index is 2.32. The first-order valence-electron chi connectivity index (χ1n) is 7.56. The van der Waals surface area contributed by atoms with E-state index in [1.807, 2.05) is 24.3 Å². The molecule has 0 saturated heterocycles. The van der Waals surface area contributed by atoms with E-state index in [1.165, 1.54) is 12.1 Å². The van der Waals surface area contributed by atoms with Crippen LogP contribution in [0.3, 0.4) is 0 Å². The maximum Gasteiger partial charge on any atom is 0.339 e. The van der Waals surface area contributed by atoms with Crippen molar-refractivity contribution >= 4 is 44.6 Å². The highest BCUT2D eigenvalue weighted by atomic mass is 16.4.